The summed E-state index contributed by atoms with van der Waals surface area (Å²) in [6.45, 7) is 1.50. The number of rotatable bonds is 7. The molecule has 0 saturated heterocycles. The number of hydrogen-bond acceptors (Lipinski definition) is 6. The summed E-state index contributed by atoms with van der Waals surface area (Å²) in [5.41, 5.74) is 0.394. The van der Waals surface area contributed by atoms with Gasteiger partial charge in [-0.25, -0.2) is 17.5 Å². The third-order valence-electron chi connectivity index (χ3n) is 3.84. The van der Waals surface area contributed by atoms with Gasteiger partial charge in [-0.05, 0) is 53.7 Å². The Morgan fingerprint density at radius 3 is 2.72 bits per heavy atom. The normalized spacial score (nSPS) is 11.4. The van der Waals surface area contributed by atoms with E-state index >= 15 is 0 Å². The summed E-state index contributed by atoms with van der Waals surface area (Å²) >= 11 is 5.79. The molecular weight excluding hydrogens is 423 g/mol. The Kier molecular flexibility index (Phi) is 6.20. The van der Waals surface area contributed by atoms with Gasteiger partial charge in [0.15, 0.2) is 5.82 Å². The van der Waals surface area contributed by atoms with Crippen molar-refractivity contribution in [1.82, 2.24) is 24.9 Å². The van der Waals surface area contributed by atoms with Gasteiger partial charge in [0.25, 0.3) is 0 Å². The van der Waals surface area contributed by atoms with Crippen LogP contribution in [0.1, 0.15) is 12.2 Å². The molecule has 0 bridgehead atoms. The lowest BCUT2D eigenvalue weighted by atomic mass is 10.2. The van der Waals surface area contributed by atoms with Crippen LogP contribution in [0, 0.1) is 12.7 Å². The highest BCUT2D eigenvalue weighted by Crippen LogP contribution is 2.19. The van der Waals surface area contributed by atoms with Crippen LogP contribution in [-0.2, 0) is 14.8 Å². The summed E-state index contributed by atoms with van der Waals surface area (Å²) in [5, 5.41) is 13.7. The number of hydrogen-bond donors (Lipinski definition) is 2. The van der Waals surface area contributed by atoms with Gasteiger partial charge in [-0.3, -0.25) is 4.79 Å². The number of aromatic nitrogens is 4. The van der Waals surface area contributed by atoms with Gasteiger partial charge in [0.05, 0.1) is 16.3 Å². The molecule has 1 amide bonds. The van der Waals surface area contributed by atoms with Gasteiger partial charge in [0.2, 0.25) is 15.9 Å². The van der Waals surface area contributed by atoms with Crippen molar-refractivity contribution in [2.45, 2.75) is 18.2 Å². The van der Waals surface area contributed by atoms with Crippen molar-refractivity contribution in [3.8, 4) is 5.69 Å². The Labute approximate surface area is 170 Å². The Balaban J connectivity index is 1.62. The molecule has 9 nitrogen and oxygen atoms in total. The number of nitrogens with zero attached hydrogens (tertiary/aromatic N) is 4. The number of nitrogens with one attached hydrogen (secondary N) is 2. The fourth-order valence-corrected chi connectivity index (χ4v) is 3.77. The molecule has 2 aromatic carbocycles. The maximum absolute atomic E-state index is 14.0. The van der Waals surface area contributed by atoms with Crippen LogP contribution in [0.25, 0.3) is 5.69 Å². The molecule has 0 unspecified atom stereocenters. The summed E-state index contributed by atoms with van der Waals surface area (Å²) < 4.78 is 42.1. The van der Waals surface area contributed by atoms with Crippen LogP contribution < -0.4 is 10.0 Å². The third-order valence-corrected chi connectivity index (χ3v) is 5.54. The second-order valence-corrected chi connectivity index (χ2v) is 8.16. The van der Waals surface area contributed by atoms with Gasteiger partial charge in [-0.1, -0.05) is 17.7 Å². The number of sulfonamides is 1. The number of carbonyl (C=O) groups is 1. The fraction of sp³-hybridized carbons (Fsp3) is 0.176. The topological polar surface area (TPSA) is 119 Å². The first-order chi connectivity index (χ1) is 13.8. The first kappa shape index (κ1) is 20.8. The van der Waals surface area contributed by atoms with Crippen molar-refractivity contribution < 1.29 is 17.6 Å². The van der Waals surface area contributed by atoms with E-state index in [-0.39, 0.29) is 28.6 Å². The lowest BCUT2D eigenvalue weighted by Gasteiger charge is -2.10. The molecule has 0 saturated carbocycles. The Bertz CT molecular complexity index is 1150. The average Bonchev–Trinajstić information content (AvgIpc) is 3.09. The number of halogens is 2. The van der Waals surface area contributed by atoms with Crippen molar-refractivity contribution in [3.05, 3.63) is 59.1 Å². The largest absolute Gasteiger partial charge is 0.323 e. The van der Waals surface area contributed by atoms with Crippen LogP contribution in [-0.4, -0.2) is 41.1 Å². The molecule has 152 valence electrons. The first-order valence-corrected chi connectivity index (χ1v) is 10.2. The predicted octanol–water partition coefficient (Wildman–Crippen LogP) is 2.07. The van der Waals surface area contributed by atoms with Gasteiger partial charge < -0.3 is 5.32 Å². The van der Waals surface area contributed by atoms with Crippen LogP contribution >= 0.6 is 11.6 Å². The van der Waals surface area contributed by atoms with Crippen molar-refractivity contribution >= 4 is 33.2 Å². The van der Waals surface area contributed by atoms with E-state index in [9.17, 15) is 17.6 Å². The number of amides is 1. The van der Waals surface area contributed by atoms with Crippen molar-refractivity contribution in [1.29, 1.82) is 0 Å². The van der Waals surface area contributed by atoms with Gasteiger partial charge in [-0.15, -0.1) is 5.10 Å². The van der Waals surface area contributed by atoms with Gasteiger partial charge >= 0.3 is 0 Å². The maximum atomic E-state index is 14.0. The summed E-state index contributed by atoms with van der Waals surface area (Å²) in [6.07, 6.45) is -0.201. The van der Waals surface area contributed by atoms with E-state index in [1.807, 2.05) is 0 Å². The van der Waals surface area contributed by atoms with Crippen LogP contribution in [0.3, 0.4) is 0 Å². The molecule has 29 heavy (non-hydrogen) atoms. The standard InChI is InChI=1S/C17H16ClFN6O3S/c1-11-22-23-24-25(11)13-5-6-15(19)16(10-13)21-17(26)7-8-20-29(27,28)14-4-2-3-12(18)9-14/h2-6,9-10,20H,7-8H2,1H3,(H,21,26). The Morgan fingerprint density at radius 2 is 2.03 bits per heavy atom. The molecule has 0 fully saturated rings. The van der Waals surface area contributed by atoms with Crippen molar-refractivity contribution in [2.75, 3.05) is 11.9 Å². The number of tetrazole rings is 1. The van der Waals surface area contributed by atoms with Crippen LogP contribution in [0.5, 0.6) is 0 Å². The molecule has 0 radical (unpaired) electrons. The van der Waals surface area contributed by atoms with E-state index in [1.54, 1.807) is 13.0 Å². The average molecular weight is 439 g/mol. The second kappa shape index (κ2) is 8.64. The van der Waals surface area contributed by atoms with Gasteiger partial charge in [0, 0.05) is 18.0 Å². The number of anilines is 1. The van der Waals surface area contributed by atoms with Crippen LogP contribution in [0.4, 0.5) is 10.1 Å². The molecule has 1 heterocycles. The zero-order valence-electron chi connectivity index (χ0n) is 15.1. The molecule has 3 rings (SSSR count). The fourth-order valence-electron chi connectivity index (χ4n) is 2.44. The molecule has 2 N–H and O–H groups in total. The molecular formula is C17H16ClFN6O3S. The van der Waals surface area contributed by atoms with Crippen molar-refractivity contribution in [2.24, 2.45) is 0 Å². The summed E-state index contributed by atoms with van der Waals surface area (Å²) in [7, 11) is -3.81. The Hall–Kier alpha value is -2.89. The number of benzene rings is 2. The maximum Gasteiger partial charge on any atom is 0.240 e. The van der Waals surface area contributed by atoms with E-state index in [0.717, 1.165) is 0 Å². The summed E-state index contributed by atoms with van der Waals surface area (Å²) in [4.78, 5) is 12.1. The minimum absolute atomic E-state index is 0.0130. The molecule has 3 aromatic rings. The highest BCUT2D eigenvalue weighted by molar-refractivity contribution is 7.89. The number of carbonyl (C=O) groups excluding carboxylic acids is 1. The molecule has 12 heteroatoms. The minimum Gasteiger partial charge on any atom is -0.323 e. The zero-order chi connectivity index (χ0) is 21.0. The van der Waals surface area contributed by atoms with E-state index in [1.165, 1.54) is 41.1 Å². The quantitative estimate of drug-likeness (QED) is 0.582. The highest BCUT2D eigenvalue weighted by Gasteiger charge is 2.15. The van der Waals surface area contributed by atoms with Crippen LogP contribution in [0.15, 0.2) is 47.4 Å². The molecule has 0 atom stereocenters. The van der Waals surface area contributed by atoms with E-state index in [2.05, 4.69) is 25.6 Å². The van der Waals surface area contributed by atoms with Crippen molar-refractivity contribution in [3.63, 3.8) is 0 Å². The minimum atomic E-state index is -3.81. The smallest absolute Gasteiger partial charge is 0.240 e. The van der Waals surface area contributed by atoms with E-state index in [4.69, 9.17) is 11.6 Å². The van der Waals surface area contributed by atoms with Gasteiger partial charge in [0.1, 0.15) is 5.82 Å². The molecule has 1 aromatic heterocycles. The van der Waals surface area contributed by atoms with E-state index in [0.29, 0.717) is 11.5 Å². The van der Waals surface area contributed by atoms with Crippen LogP contribution in [0.2, 0.25) is 5.02 Å². The molecule has 0 spiro atoms. The molecule has 0 aliphatic rings. The molecule has 0 aliphatic carbocycles. The summed E-state index contributed by atoms with van der Waals surface area (Å²) in [5.74, 6) is -0.722. The predicted molar refractivity (Wildman–Crippen MR) is 104 cm³/mol. The third kappa shape index (κ3) is 5.13. The lowest BCUT2D eigenvalue weighted by molar-refractivity contribution is -0.116. The van der Waals surface area contributed by atoms with Gasteiger partial charge in [-0.2, -0.15) is 4.68 Å². The first-order valence-electron chi connectivity index (χ1n) is 8.36. The lowest BCUT2D eigenvalue weighted by Crippen LogP contribution is -2.28. The summed E-state index contributed by atoms with van der Waals surface area (Å²) in [6, 6.07) is 9.76. The molecule has 0 aliphatic heterocycles. The second-order valence-electron chi connectivity index (χ2n) is 5.96. The SMILES string of the molecule is Cc1nnnn1-c1ccc(F)c(NC(=O)CCNS(=O)(=O)c2cccc(Cl)c2)c1. The monoisotopic (exact) mass is 438 g/mol. The number of aryl methyl sites for hydroxylation is 1. The Morgan fingerprint density at radius 1 is 1.24 bits per heavy atom. The van der Waals surface area contributed by atoms with E-state index < -0.39 is 21.7 Å². The zero-order valence-corrected chi connectivity index (χ0v) is 16.7. The highest BCUT2D eigenvalue weighted by atomic mass is 35.5.